The molecule has 4 atom stereocenters. The number of rotatable bonds is 8. The summed E-state index contributed by atoms with van der Waals surface area (Å²) in [4.78, 5) is 37.2. The molecule has 2 aromatic heterocycles. The number of aromatic amines is 1. The van der Waals surface area contributed by atoms with Crippen LogP contribution in [0.3, 0.4) is 0 Å². The van der Waals surface area contributed by atoms with Crippen LogP contribution in [0.5, 0.6) is 0 Å². The monoisotopic (exact) mass is 419 g/mol. The molecule has 0 unspecified atom stereocenters. The van der Waals surface area contributed by atoms with E-state index in [0.717, 1.165) is 11.8 Å². The highest BCUT2D eigenvalue weighted by Crippen LogP contribution is 2.49. The highest BCUT2D eigenvalue weighted by molar-refractivity contribution is 7.99. The normalized spacial score (nSPS) is 24.0. The van der Waals surface area contributed by atoms with Gasteiger partial charge in [0.05, 0.1) is 5.75 Å². The molecule has 0 aliphatic heterocycles. The molecule has 2 bridgehead atoms. The lowest BCUT2D eigenvalue weighted by atomic mass is 9.84. The van der Waals surface area contributed by atoms with Gasteiger partial charge in [-0.1, -0.05) is 18.2 Å². The van der Waals surface area contributed by atoms with Crippen molar-refractivity contribution in [3.8, 4) is 0 Å². The number of carbonyl (C=O) groups is 1. The number of carbonyl (C=O) groups excluding carboxylic acids is 1. The van der Waals surface area contributed by atoms with Gasteiger partial charge in [0.1, 0.15) is 0 Å². The lowest BCUT2D eigenvalue weighted by Crippen LogP contribution is -2.40. The number of hydrogen-bond acceptors (Lipinski definition) is 7. The SMILES string of the molecule is C[C@H](NC(=O)CSc1nnc(CCn2ccc(=O)[nH]c2=O)o1)[C@H]1C[C@H]2CC[C@H]1C2. The van der Waals surface area contributed by atoms with Crippen LogP contribution in [0, 0.1) is 17.8 Å². The standard InChI is InChI=1S/C19H25N5O4S/c1-11(14-9-12-2-3-13(14)8-12)20-16(26)10-29-19-23-22-17(28-19)5-7-24-6-4-15(25)21-18(24)27/h4,6,11-14H,2-3,5,7-10H2,1H3,(H,20,26)(H,21,25,27)/t11-,12-,13-,14+/m0/s1. The number of amides is 1. The smallest absolute Gasteiger partial charge is 0.328 e. The van der Waals surface area contributed by atoms with E-state index < -0.39 is 11.2 Å². The molecule has 2 aromatic rings. The van der Waals surface area contributed by atoms with Gasteiger partial charge < -0.3 is 14.3 Å². The Morgan fingerprint density at radius 2 is 2.24 bits per heavy atom. The van der Waals surface area contributed by atoms with Crippen LogP contribution in [0.2, 0.25) is 0 Å². The first-order valence-corrected chi connectivity index (χ1v) is 11.0. The number of nitrogens with zero attached hydrogens (tertiary/aromatic N) is 3. The molecule has 1 amide bonds. The maximum atomic E-state index is 12.3. The molecule has 0 aromatic carbocycles. The zero-order valence-electron chi connectivity index (χ0n) is 16.3. The summed E-state index contributed by atoms with van der Waals surface area (Å²) in [5.74, 6) is 2.82. The summed E-state index contributed by atoms with van der Waals surface area (Å²) in [6.45, 7) is 2.42. The van der Waals surface area contributed by atoms with E-state index in [1.807, 2.05) is 0 Å². The Balaban J connectivity index is 1.22. The van der Waals surface area contributed by atoms with Crippen LogP contribution < -0.4 is 16.6 Å². The van der Waals surface area contributed by atoms with Crippen molar-refractivity contribution in [1.82, 2.24) is 25.1 Å². The third-order valence-electron chi connectivity index (χ3n) is 6.06. The van der Waals surface area contributed by atoms with Crippen molar-refractivity contribution in [2.24, 2.45) is 17.8 Å². The number of aromatic nitrogens is 4. The quantitative estimate of drug-likeness (QED) is 0.616. The Hall–Kier alpha value is -2.36. The first-order chi connectivity index (χ1) is 14.0. The maximum absolute atomic E-state index is 12.3. The van der Waals surface area contributed by atoms with E-state index >= 15 is 0 Å². The van der Waals surface area contributed by atoms with E-state index in [9.17, 15) is 14.4 Å². The summed E-state index contributed by atoms with van der Waals surface area (Å²) < 4.78 is 6.90. The fraction of sp³-hybridized carbons (Fsp3) is 0.632. The Labute approximate surface area is 171 Å². The molecule has 29 heavy (non-hydrogen) atoms. The van der Waals surface area contributed by atoms with Gasteiger partial charge in [-0.15, -0.1) is 10.2 Å². The third-order valence-corrected chi connectivity index (χ3v) is 6.88. The summed E-state index contributed by atoms with van der Waals surface area (Å²) in [6, 6.07) is 1.49. The van der Waals surface area contributed by atoms with Crippen molar-refractivity contribution in [1.29, 1.82) is 0 Å². The number of fused-ring (bicyclic) bond motifs is 2. The van der Waals surface area contributed by atoms with Gasteiger partial charge in [-0.25, -0.2) is 4.79 Å². The van der Waals surface area contributed by atoms with Gasteiger partial charge in [0.25, 0.3) is 10.8 Å². The van der Waals surface area contributed by atoms with Crippen molar-refractivity contribution in [2.75, 3.05) is 5.75 Å². The Bertz CT molecular complexity index is 983. The number of aryl methyl sites for hydroxylation is 2. The van der Waals surface area contributed by atoms with Crippen LogP contribution in [0.15, 0.2) is 31.5 Å². The molecule has 4 rings (SSSR count). The molecule has 0 spiro atoms. The van der Waals surface area contributed by atoms with Gasteiger partial charge in [0.15, 0.2) is 0 Å². The van der Waals surface area contributed by atoms with Gasteiger partial charge in [0.2, 0.25) is 11.8 Å². The maximum Gasteiger partial charge on any atom is 0.328 e. The number of hydrogen-bond donors (Lipinski definition) is 2. The summed E-state index contributed by atoms with van der Waals surface area (Å²) in [7, 11) is 0. The summed E-state index contributed by atoms with van der Waals surface area (Å²) >= 11 is 1.21. The van der Waals surface area contributed by atoms with Crippen molar-refractivity contribution in [2.45, 2.75) is 56.8 Å². The van der Waals surface area contributed by atoms with Crippen LogP contribution in [-0.2, 0) is 17.8 Å². The third kappa shape index (κ3) is 4.80. The van der Waals surface area contributed by atoms with Crippen LogP contribution in [0.25, 0.3) is 0 Å². The summed E-state index contributed by atoms with van der Waals surface area (Å²) in [5, 5.41) is 11.4. The highest BCUT2D eigenvalue weighted by atomic mass is 32.2. The minimum absolute atomic E-state index is 0.0233. The minimum Gasteiger partial charge on any atom is -0.416 e. The Kier molecular flexibility index (Phi) is 5.89. The van der Waals surface area contributed by atoms with Gasteiger partial charge in [-0.05, 0) is 43.9 Å². The first kappa shape index (κ1) is 19.9. The predicted molar refractivity (Wildman–Crippen MR) is 107 cm³/mol. The average molecular weight is 420 g/mol. The lowest BCUT2D eigenvalue weighted by Gasteiger charge is -2.28. The lowest BCUT2D eigenvalue weighted by molar-refractivity contribution is -0.119. The number of H-pyrrole nitrogens is 1. The minimum atomic E-state index is -0.479. The molecule has 0 saturated heterocycles. The van der Waals surface area contributed by atoms with E-state index in [1.165, 1.54) is 54.3 Å². The molecule has 9 nitrogen and oxygen atoms in total. The second-order valence-electron chi connectivity index (χ2n) is 8.00. The molecule has 2 fully saturated rings. The van der Waals surface area contributed by atoms with Crippen molar-refractivity contribution < 1.29 is 9.21 Å². The van der Waals surface area contributed by atoms with E-state index in [2.05, 4.69) is 27.4 Å². The van der Waals surface area contributed by atoms with Gasteiger partial charge in [-0.2, -0.15) is 0 Å². The molecule has 2 N–H and O–H groups in total. The van der Waals surface area contributed by atoms with Crippen molar-refractivity contribution in [3.63, 3.8) is 0 Å². The highest BCUT2D eigenvalue weighted by Gasteiger charge is 2.42. The number of nitrogens with one attached hydrogen (secondary N) is 2. The van der Waals surface area contributed by atoms with Crippen molar-refractivity contribution >= 4 is 17.7 Å². The zero-order chi connectivity index (χ0) is 20.4. The largest absolute Gasteiger partial charge is 0.416 e. The summed E-state index contributed by atoms with van der Waals surface area (Å²) in [6.07, 6.45) is 7.01. The van der Waals surface area contributed by atoms with Crippen LogP contribution in [-0.4, -0.2) is 37.5 Å². The Morgan fingerprint density at radius 3 is 2.97 bits per heavy atom. The number of thioether (sulfide) groups is 1. The molecule has 2 aliphatic carbocycles. The van der Waals surface area contributed by atoms with Crippen LogP contribution >= 0.6 is 11.8 Å². The fourth-order valence-corrected chi connectivity index (χ4v) is 5.26. The molecule has 0 radical (unpaired) electrons. The van der Waals surface area contributed by atoms with Gasteiger partial charge >= 0.3 is 5.69 Å². The Morgan fingerprint density at radius 1 is 1.38 bits per heavy atom. The first-order valence-electron chi connectivity index (χ1n) is 10.0. The molecule has 2 saturated carbocycles. The molecule has 2 heterocycles. The predicted octanol–water partition coefficient (Wildman–Crippen LogP) is 1.20. The van der Waals surface area contributed by atoms with Crippen LogP contribution in [0.1, 0.15) is 38.5 Å². The molecular formula is C19H25N5O4S. The second kappa shape index (κ2) is 8.56. The van der Waals surface area contributed by atoms with E-state index in [1.54, 1.807) is 0 Å². The van der Waals surface area contributed by atoms with E-state index in [4.69, 9.17) is 4.42 Å². The average Bonchev–Trinajstić information content (AvgIpc) is 3.42. The van der Waals surface area contributed by atoms with Gasteiger partial charge in [-0.3, -0.25) is 14.6 Å². The van der Waals surface area contributed by atoms with E-state index in [0.29, 0.717) is 30.0 Å². The van der Waals surface area contributed by atoms with Crippen molar-refractivity contribution in [3.05, 3.63) is 39.0 Å². The zero-order valence-corrected chi connectivity index (χ0v) is 17.1. The van der Waals surface area contributed by atoms with Gasteiger partial charge in [0, 0.05) is 31.3 Å². The molecular weight excluding hydrogens is 394 g/mol. The molecule has 10 heteroatoms. The van der Waals surface area contributed by atoms with Crippen LogP contribution in [0.4, 0.5) is 0 Å². The van der Waals surface area contributed by atoms with E-state index in [-0.39, 0.29) is 17.7 Å². The molecule has 2 aliphatic rings. The topological polar surface area (TPSA) is 123 Å². The second-order valence-corrected chi connectivity index (χ2v) is 8.93. The fourth-order valence-electron chi connectivity index (χ4n) is 4.67. The molecule has 156 valence electrons. The summed E-state index contributed by atoms with van der Waals surface area (Å²) in [5.41, 5.74) is -0.913.